The molecule has 104 valence electrons. The van der Waals surface area contributed by atoms with E-state index in [1.807, 2.05) is 12.3 Å². The van der Waals surface area contributed by atoms with Crippen LogP contribution in [-0.4, -0.2) is 44.0 Å². The zero-order valence-electron chi connectivity index (χ0n) is 10.9. The summed E-state index contributed by atoms with van der Waals surface area (Å²) in [5.41, 5.74) is 6.33. The van der Waals surface area contributed by atoms with Crippen molar-refractivity contribution in [2.75, 3.05) is 24.6 Å². The molecule has 2 N–H and O–H groups in total. The summed E-state index contributed by atoms with van der Waals surface area (Å²) in [4.78, 5) is 3.43. The number of hydrogen-bond donors (Lipinski definition) is 1. The topological polar surface area (TPSA) is 63.4 Å². The molecule has 0 aliphatic carbocycles. The van der Waals surface area contributed by atoms with Crippen LogP contribution in [0.3, 0.4) is 0 Å². The van der Waals surface area contributed by atoms with Gasteiger partial charge in [-0.05, 0) is 13.0 Å². The van der Waals surface area contributed by atoms with E-state index in [1.54, 1.807) is 11.3 Å². The van der Waals surface area contributed by atoms with Crippen LogP contribution in [0.2, 0.25) is 0 Å². The molecule has 1 atom stereocenters. The molecule has 1 aliphatic rings. The van der Waals surface area contributed by atoms with Gasteiger partial charge >= 0.3 is 0 Å². The first-order chi connectivity index (χ1) is 9.00. The molecule has 2 rings (SSSR count). The second-order valence-corrected chi connectivity index (χ2v) is 7.97. The van der Waals surface area contributed by atoms with Crippen molar-refractivity contribution in [3.63, 3.8) is 0 Å². The Bertz CT molecular complexity index is 596. The fourth-order valence-corrected chi connectivity index (χ4v) is 4.62. The Morgan fingerprint density at radius 1 is 1.58 bits per heavy atom. The lowest BCUT2D eigenvalue weighted by Crippen LogP contribution is -2.46. The maximum absolute atomic E-state index is 11.5. The quantitative estimate of drug-likeness (QED) is 0.816. The first-order valence-corrected chi connectivity index (χ1v) is 8.91. The third-order valence-corrected chi connectivity index (χ3v) is 5.87. The summed E-state index contributed by atoms with van der Waals surface area (Å²) in [5, 5.41) is 2.02. The van der Waals surface area contributed by atoms with Crippen LogP contribution in [0.25, 0.3) is 0 Å². The highest BCUT2D eigenvalue weighted by Crippen LogP contribution is 2.20. The molecule has 0 saturated carbocycles. The summed E-state index contributed by atoms with van der Waals surface area (Å²) >= 11 is 1.66. The summed E-state index contributed by atoms with van der Waals surface area (Å²) in [6.45, 7) is 3.75. The van der Waals surface area contributed by atoms with Crippen molar-refractivity contribution in [3.8, 4) is 11.8 Å². The van der Waals surface area contributed by atoms with Gasteiger partial charge in [0.2, 0.25) is 0 Å². The standard InChI is InChI=1S/C13H18N2O2S2/c1-11-10-19(16,17)6-5-15(11)8-13-7-12(9-18-13)3-2-4-14/h7,9,11H,4-6,8,10,14H2,1H3. The number of nitrogens with zero attached hydrogens (tertiary/aromatic N) is 1. The van der Waals surface area contributed by atoms with Crippen molar-refractivity contribution in [1.82, 2.24) is 4.90 Å². The van der Waals surface area contributed by atoms with E-state index >= 15 is 0 Å². The molecule has 1 aliphatic heterocycles. The van der Waals surface area contributed by atoms with Crippen LogP contribution in [0.15, 0.2) is 11.4 Å². The SMILES string of the molecule is CC1CS(=O)(=O)CCN1Cc1cc(C#CCN)cs1. The molecule has 0 spiro atoms. The Morgan fingerprint density at radius 3 is 3.05 bits per heavy atom. The molecule has 0 amide bonds. The molecule has 0 bridgehead atoms. The van der Waals surface area contributed by atoms with E-state index in [0.717, 1.165) is 12.1 Å². The summed E-state index contributed by atoms with van der Waals surface area (Å²) in [7, 11) is -2.84. The molecule has 4 nitrogen and oxygen atoms in total. The van der Waals surface area contributed by atoms with Gasteiger partial charge in [-0.3, -0.25) is 4.90 Å². The van der Waals surface area contributed by atoms with E-state index in [-0.39, 0.29) is 17.5 Å². The van der Waals surface area contributed by atoms with Crippen LogP contribution < -0.4 is 5.73 Å². The fourth-order valence-electron chi connectivity index (χ4n) is 2.15. The van der Waals surface area contributed by atoms with Crippen LogP contribution in [0.1, 0.15) is 17.4 Å². The molecule has 0 aromatic carbocycles. The van der Waals surface area contributed by atoms with Gasteiger partial charge in [-0.25, -0.2) is 8.42 Å². The predicted molar refractivity (Wildman–Crippen MR) is 78.8 cm³/mol. The zero-order chi connectivity index (χ0) is 13.9. The Labute approximate surface area is 118 Å². The molecule has 2 heterocycles. The highest BCUT2D eigenvalue weighted by molar-refractivity contribution is 7.91. The highest BCUT2D eigenvalue weighted by Gasteiger charge is 2.28. The van der Waals surface area contributed by atoms with Crippen LogP contribution >= 0.6 is 11.3 Å². The largest absolute Gasteiger partial charge is 0.320 e. The molecule has 1 saturated heterocycles. The van der Waals surface area contributed by atoms with E-state index in [4.69, 9.17) is 5.73 Å². The second kappa shape index (κ2) is 6.06. The van der Waals surface area contributed by atoms with Gasteiger partial charge < -0.3 is 5.73 Å². The summed E-state index contributed by atoms with van der Waals surface area (Å²) < 4.78 is 23.1. The summed E-state index contributed by atoms with van der Waals surface area (Å²) in [6.07, 6.45) is 0. The zero-order valence-corrected chi connectivity index (χ0v) is 12.6. The van der Waals surface area contributed by atoms with E-state index in [9.17, 15) is 8.42 Å². The van der Waals surface area contributed by atoms with Crippen LogP contribution in [0.5, 0.6) is 0 Å². The van der Waals surface area contributed by atoms with Crippen LogP contribution in [0.4, 0.5) is 0 Å². The summed E-state index contributed by atoms with van der Waals surface area (Å²) in [5.74, 6) is 6.37. The smallest absolute Gasteiger partial charge is 0.153 e. The predicted octanol–water partition coefficient (Wildman–Crippen LogP) is 0.677. The fraction of sp³-hybridized carbons (Fsp3) is 0.538. The average molecular weight is 298 g/mol. The lowest BCUT2D eigenvalue weighted by molar-refractivity contribution is 0.220. The molecule has 1 aromatic heterocycles. The van der Waals surface area contributed by atoms with Gasteiger partial charge in [0.15, 0.2) is 9.84 Å². The minimum Gasteiger partial charge on any atom is -0.320 e. The molecule has 0 radical (unpaired) electrons. The monoisotopic (exact) mass is 298 g/mol. The number of nitrogens with two attached hydrogens (primary N) is 1. The first-order valence-electron chi connectivity index (χ1n) is 6.21. The number of sulfone groups is 1. The maximum Gasteiger partial charge on any atom is 0.153 e. The molecule has 1 unspecified atom stereocenters. The van der Waals surface area contributed by atoms with Crippen molar-refractivity contribution >= 4 is 21.2 Å². The van der Waals surface area contributed by atoms with Crippen molar-refractivity contribution in [1.29, 1.82) is 0 Å². The lowest BCUT2D eigenvalue weighted by Gasteiger charge is -2.32. The van der Waals surface area contributed by atoms with Gasteiger partial charge in [-0.1, -0.05) is 11.8 Å². The van der Waals surface area contributed by atoms with Gasteiger partial charge in [0.1, 0.15) is 0 Å². The first kappa shape index (κ1) is 14.5. The lowest BCUT2D eigenvalue weighted by atomic mass is 10.2. The van der Waals surface area contributed by atoms with Gasteiger partial charge in [0.25, 0.3) is 0 Å². The molecular formula is C13H18N2O2S2. The Kier molecular flexibility index (Phi) is 4.63. The van der Waals surface area contributed by atoms with Gasteiger partial charge in [0, 0.05) is 35.0 Å². The summed E-state index contributed by atoms with van der Waals surface area (Å²) in [6, 6.07) is 2.14. The highest BCUT2D eigenvalue weighted by atomic mass is 32.2. The van der Waals surface area contributed by atoms with E-state index in [2.05, 4.69) is 22.8 Å². The minimum atomic E-state index is -2.84. The molecule has 6 heteroatoms. The molecular weight excluding hydrogens is 280 g/mol. The van der Waals surface area contributed by atoms with E-state index < -0.39 is 9.84 Å². The van der Waals surface area contributed by atoms with Crippen molar-refractivity contribution in [3.05, 3.63) is 21.9 Å². The molecule has 1 aromatic rings. The third-order valence-electron chi connectivity index (χ3n) is 3.16. The van der Waals surface area contributed by atoms with Crippen LogP contribution in [-0.2, 0) is 16.4 Å². The Balaban J connectivity index is 2.00. The molecule has 1 fully saturated rings. The maximum atomic E-state index is 11.5. The number of rotatable bonds is 2. The van der Waals surface area contributed by atoms with Gasteiger partial charge in [-0.15, -0.1) is 11.3 Å². The Hall–Kier alpha value is -0.870. The second-order valence-electron chi connectivity index (χ2n) is 4.74. The van der Waals surface area contributed by atoms with Gasteiger partial charge in [0.05, 0.1) is 18.1 Å². The van der Waals surface area contributed by atoms with Crippen LogP contribution in [0, 0.1) is 11.8 Å². The van der Waals surface area contributed by atoms with Crippen molar-refractivity contribution in [2.45, 2.75) is 19.5 Å². The van der Waals surface area contributed by atoms with E-state index in [1.165, 1.54) is 4.88 Å². The minimum absolute atomic E-state index is 0.0828. The average Bonchev–Trinajstić information content (AvgIpc) is 2.77. The van der Waals surface area contributed by atoms with E-state index in [0.29, 0.717) is 13.1 Å². The third kappa shape index (κ3) is 4.05. The number of thiophene rings is 1. The Morgan fingerprint density at radius 2 is 2.37 bits per heavy atom. The van der Waals surface area contributed by atoms with Gasteiger partial charge in [-0.2, -0.15) is 0 Å². The van der Waals surface area contributed by atoms with Crippen molar-refractivity contribution in [2.24, 2.45) is 5.73 Å². The normalized spacial score (nSPS) is 22.7. The van der Waals surface area contributed by atoms with Crippen molar-refractivity contribution < 1.29 is 8.42 Å². The number of hydrogen-bond acceptors (Lipinski definition) is 5. The molecule has 19 heavy (non-hydrogen) atoms.